The van der Waals surface area contributed by atoms with Gasteiger partial charge in [-0.15, -0.1) is 0 Å². The van der Waals surface area contributed by atoms with Crippen LogP contribution >= 0.6 is 11.6 Å². The van der Waals surface area contributed by atoms with Crippen LogP contribution in [0.3, 0.4) is 0 Å². The first-order valence-electron chi connectivity index (χ1n) is 8.29. The number of amides is 1. The fourth-order valence-corrected chi connectivity index (χ4v) is 3.20. The van der Waals surface area contributed by atoms with Gasteiger partial charge in [-0.3, -0.25) is 14.5 Å². The van der Waals surface area contributed by atoms with Crippen LogP contribution in [0.1, 0.15) is 34.2 Å². The Labute approximate surface area is 150 Å². The molecule has 0 aliphatic carbocycles. The first-order chi connectivity index (χ1) is 12.0. The normalized spacial score (nSPS) is 19.8. The highest BCUT2D eigenvalue weighted by atomic mass is 35.5. The lowest BCUT2D eigenvalue weighted by molar-refractivity contribution is 0.0924. The van der Waals surface area contributed by atoms with E-state index in [9.17, 15) is 4.79 Å². The number of halogens is 1. The zero-order valence-corrected chi connectivity index (χ0v) is 14.8. The van der Waals surface area contributed by atoms with E-state index in [-0.39, 0.29) is 11.8 Å². The van der Waals surface area contributed by atoms with Crippen molar-refractivity contribution in [3.63, 3.8) is 0 Å². The maximum absolute atomic E-state index is 12.0. The third-order valence-electron chi connectivity index (χ3n) is 4.51. The Morgan fingerprint density at radius 3 is 2.92 bits per heavy atom. The van der Waals surface area contributed by atoms with Gasteiger partial charge >= 0.3 is 0 Å². The smallest absolute Gasteiger partial charge is 0.269 e. The van der Waals surface area contributed by atoms with Gasteiger partial charge in [-0.25, -0.2) is 4.99 Å². The summed E-state index contributed by atoms with van der Waals surface area (Å²) in [6.45, 7) is 5.96. The van der Waals surface area contributed by atoms with Gasteiger partial charge in [0.2, 0.25) is 0 Å². The van der Waals surface area contributed by atoms with Gasteiger partial charge in [0.05, 0.1) is 12.3 Å². The molecule has 128 valence electrons. The fourth-order valence-electron chi connectivity index (χ4n) is 3.08. The van der Waals surface area contributed by atoms with Crippen LogP contribution in [0.2, 0.25) is 5.02 Å². The Morgan fingerprint density at radius 2 is 2.16 bits per heavy atom. The first-order valence-corrected chi connectivity index (χ1v) is 8.66. The number of hydrogen-bond acceptors (Lipinski definition) is 4. The summed E-state index contributed by atoms with van der Waals surface area (Å²) in [7, 11) is 0. The van der Waals surface area contributed by atoms with E-state index in [2.05, 4.69) is 22.3 Å². The second-order valence-electron chi connectivity index (χ2n) is 6.42. The molecule has 1 unspecified atom stereocenters. The van der Waals surface area contributed by atoms with E-state index < -0.39 is 0 Å². The molecular formula is C18H18ClN5O. The van der Waals surface area contributed by atoms with Crippen molar-refractivity contribution >= 4 is 29.1 Å². The van der Waals surface area contributed by atoms with Crippen LogP contribution in [0, 0.1) is 12.8 Å². The molecule has 0 fully saturated rings. The van der Waals surface area contributed by atoms with Crippen molar-refractivity contribution in [3.05, 3.63) is 51.8 Å². The van der Waals surface area contributed by atoms with Crippen LogP contribution < -0.4 is 5.32 Å². The van der Waals surface area contributed by atoms with Crippen molar-refractivity contribution in [2.24, 2.45) is 15.9 Å². The van der Waals surface area contributed by atoms with E-state index in [1.165, 1.54) is 0 Å². The molecule has 2 aromatic rings. The predicted octanol–water partition coefficient (Wildman–Crippen LogP) is 2.47. The van der Waals surface area contributed by atoms with E-state index in [1.807, 2.05) is 31.2 Å². The quantitative estimate of drug-likeness (QED) is 0.898. The van der Waals surface area contributed by atoms with Crippen molar-refractivity contribution in [3.8, 4) is 0 Å². The molecule has 25 heavy (non-hydrogen) atoms. The van der Waals surface area contributed by atoms with Crippen molar-refractivity contribution in [1.29, 1.82) is 0 Å². The van der Waals surface area contributed by atoms with Gasteiger partial charge in [0.1, 0.15) is 11.4 Å². The fraction of sp³-hybridized carbons (Fsp3) is 0.333. The van der Waals surface area contributed by atoms with Gasteiger partial charge in [-0.05, 0) is 36.8 Å². The van der Waals surface area contributed by atoms with E-state index in [0.717, 1.165) is 27.6 Å². The average Bonchev–Trinajstić information content (AvgIpc) is 3.03. The molecule has 0 spiro atoms. The van der Waals surface area contributed by atoms with Crippen molar-refractivity contribution in [2.45, 2.75) is 20.4 Å². The Kier molecular flexibility index (Phi) is 3.92. The first kappa shape index (κ1) is 16.0. The highest BCUT2D eigenvalue weighted by Gasteiger charge is 2.26. The number of aromatic nitrogens is 2. The lowest BCUT2D eigenvalue weighted by Gasteiger charge is -2.17. The molecule has 1 N–H and O–H groups in total. The summed E-state index contributed by atoms with van der Waals surface area (Å²) in [4.78, 5) is 21.3. The van der Waals surface area contributed by atoms with E-state index in [4.69, 9.17) is 16.6 Å². The Balaban J connectivity index is 1.73. The number of nitrogens with one attached hydrogen (secondary N) is 1. The van der Waals surface area contributed by atoms with Crippen LogP contribution in [0.15, 0.2) is 34.3 Å². The summed E-state index contributed by atoms with van der Waals surface area (Å²) in [5.74, 6) is 0.747. The number of nitrogens with zero attached hydrogens (tertiary/aromatic N) is 4. The largest absolute Gasteiger partial charge is 0.349 e. The predicted molar refractivity (Wildman–Crippen MR) is 97.9 cm³/mol. The molecule has 1 aromatic heterocycles. The minimum atomic E-state index is -0.0868. The molecule has 0 radical (unpaired) electrons. The van der Waals surface area contributed by atoms with Gasteiger partial charge in [0, 0.05) is 29.6 Å². The molecule has 4 rings (SSSR count). The third-order valence-corrected chi connectivity index (χ3v) is 4.93. The van der Waals surface area contributed by atoms with Crippen LogP contribution in [-0.2, 0) is 6.54 Å². The maximum Gasteiger partial charge on any atom is 0.269 e. The Morgan fingerprint density at radius 1 is 1.32 bits per heavy atom. The number of benzene rings is 1. The Bertz CT molecular complexity index is 928. The lowest BCUT2D eigenvalue weighted by Crippen LogP contribution is -2.35. The SMILES string of the molecule is Cc1cc(C2=NCC(C)C(c3cc4n(n3)CCNC4=O)=N2)ccc1Cl. The molecule has 2 aliphatic heterocycles. The average molecular weight is 356 g/mol. The van der Waals surface area contributed by atoms with Gasteiger partial charge < -0.3 is 5.32 Å². The molecule has 7 heteroatoms. The van der Waals surface area contributed by atoms with Crippen LogP contribution in [0.5, 0.6) is 0 Å². The summed E-state index contributed by atoms with van der Waals surface area (Å²) in [6, 6.07) is 7.60. The van der Waals surface area contributed by atoms with E-state index in [0.29, 0.717) is 31.2 Å². The number of carbonyl (C=O) groups excluding carboxylic acids is 1. The molecule has 1 amide bonds. The molecule has 6 nitrogen and oxygen atoms in total. The van der Waals surface area contributed by atoms with Gasteiger partial charge in [0.25, 0.3) is 5.91 Å². The molecule has 3 heterocycles. The maximum atomic E-state index is 12.0. The second-order valence-corrected chi connectivity index (χ2v) is 6.83. The van der Waals surface area contributed by atoms with Crippen molar-refractivity contribution in [2.75, 3.05) is 13.1 Å². The molecule has 1 atom stereocenters. The zero-order valence-electron chi connectivity index (χ0n) is 14.1. The zero-order chi connectivity index (χ0) is 17.6. The van der Waals surface area contributed by atoms with Gasteiger partial charge in [-0.1, -0.05) is 18.5 Å². The molecule has 1 aromatic carbocycles. The molecule has 0 saturated carbocycles. The Hall–Kier alpha value is -2.47. The highest BCUT2D eigenvalue weighted by Crippen LogP contribution is 2.21. The minimum Gasteiger partial charge on any atom is -0.349 e. The number of hydrogen-bond donors (Lipinski definition) is 1. The number of amidine groups is 1. The van der Waals surface area contributed by atoms with E-state index in [1.54, 1.807) is 4.68 Å². The molecular weight excluding hydrogens is 338 g/mol. The van der Waals surface area contributed by atoms with Gasteiger partial charge in [-0.2, -0.15) is 5.10 Å². The topological polar surface area (TPSA) is 71.6 Å². The van der Waals surface area contributed by atoms with Crippen LogP contribution in [-0.4, -0.2) is 40.3 Å². The lowest BCUT2D eigenvalue weighted by atomic mass is 10.00. The minimum absolute atomic E-state index is 0.0868. The summed E-state index contributed by atoms with van der Waals surface area (Å²) >= 11 is 6.11. The van der Waals surface area contributed by atoms with Crippen molar-refractivity contribution in [1.82, 2.24) is 15.1 Å². The monoisotopic (exact) mass is 355 g/mol. The molecule has 0 saturated heterocycles. The third kappa shape index (κ3) is 2.87. The number of rotatable bonds is 2. The summed E-state index contributed by atoms with van der Waals surface area (Å²) < 4.78 is 1.75. The number of carbonyl (C=O) groups is 1. The van der Waals surface area contributed by atoms with E-state index >= 15 is 0 Å². The number of aliphatic imine (C=N–C) groups is 2. The molecule has 2 aliphatic rings. The standard InChI is InChI=1S/C18H18ClN5O/c1-10-7-12(3-4-13(10)19)17-21-9-11(2)16(22-17)14-8-15-18(25)20-5-6-24(15)23-14/h3-4,7-8,11H,5-6,9H2,1-2H3,(H,20,25). The number of aryl methyl sites for hydroxylation is 1. The second kappa shape index (κ2) is 6.11. The number of fused-ring (bicyclic) bond motifs is 1. The van der Waals surface area contributed by atoms with Crippen molar-refractivity contribution < 1.29 is 4.79 Å². The van der Waals surface area contributed by atoms with Crippen LogP contribution in [0.4, 0.5) is 0 Å². The van der Waals surface area contributed by atoms with Crippen LogP contribution in [0.25, 0.3) is 0 Å². The highest BCUT2D eigenvalue weighted by molar-refractivity contribution is 6.31. The summed E-state index contributed by atoms with van der Waals surface area (Å²) in [6.07, 6.45) is 0. The molecule has 0 bridgehead atoms. The van der Waals surface area contributed by atoms with Gasteiger partial charge in [0.15, 0.2) is 5.84 Å². The summed E-state index contributed by atoms with van der Waals surface area (Å²) in [5.41, 5.74) is 4.13. The summed E-state index contributed by atoms with van der Waals surface area (Å²) in [5, 5.41) is 8.15.